The van der Waals surface area contributed by atoms with E-state index in [-0.39, 0.29) is 0 Å². The number of hydrogen-bond acceptors (Lipinski definition) is 3. The zero-order valence-corrected chi connectivity index (χ0v) is 14.8. The second kappa shape index (κ2) is 8.07. The molecule has 0 radical (unpaired) electrons. The van der Waals surface area contributed by atoms with Crippen LogP contribution in [0.2, 0.25) is 0 Å². The number of carbonyl (C=O) groups excluding carboxylic acids is 1. The lowest BCUT2D eigenvalue weighted by atomic mass is 10.2. The average Bonchev–Trinajstić information content (AvgIpc) is 3.29. The van der Waals surface area contributed by atoms with Crippen molar-refractivity contribution in [2.24, 2.45) is 14.1 Å². The molecule has 0 aliphatic carbocycles. The number of benzene rings is 2. The maximum atomic E-state index is 10.6. The summed E-state index contributed by atoms with van der Waals surface area (Å²) in [4.78, 5) is 19.0. The zero-order valence-electron chi connectivity index (χ0n) is 14.8. The van der Waals surface area contributed by atoms with Crippen LogP contribution in [0.4, 0.5) is 0 Å². The average molecular weight is 344 g/mol. The van der Waals surface area contributed by atoms with E-state index in [9.17, 15) is 4.79 Å². The van der Waals surface area contributed by atoms with Gasteiger partial charge < -0.3 is 9.13 Å². The number of nitrogens with zero attached hydrogens (tertiary/aromatic N) is 4. The first-order valence-electron chi connectivity index (χ1n) is 8.24. The molecule has 2 aromatic carbocycles. The Labute approximate surface area is 152 Å². The smallest absolute Gasteiger partial charge is 0.185 e. The van der Waals surface area contributed by atoms with E-state index in [2.05, 4.69) is 22.1 Å². The molecule has 4 aromatic rings. The van der Waals surface area contributed by atoms with Crippen molar-refractivity contribution in [1.29, 1.82) is 0 Å². The Bertz CT molecular complexity index is 972. The fourth-order valence-corrected chi connectivity index (χ4v) is 2.51. The Morgan fingerprint density at radius 2 is 1.38 bits per heavy atom. The maximum absolute atomic E-state index is 10.6. The van der Waals surface area contributed by atoms with Crippen molar-refractivity contribution >= 4 is 6.29 Å². The third-order valence-corrected chi connectivity index (χ3v) is 3.86. The molecule has 0 atom stereocenters. The molecule has 26 heavy (non-hydrogen) atoms. The van der Waals surface area contributed by atoms with Crippen LogP contribution in [0.25, 0.3) is 22.5 Å². The standard InChI is InChI=1S/C11H10N2O.C10H10N2/c1-13-7-10(12-11(13)8-14)9-5-3-2-4-6-9;1-12-7-10(11-8-12)9-5-3-2-4-6-9/h2-8H,1H3;2-8H,1H3. The van der Waals surface area contributed by atoms with Gasteiger partial charge in [0.2, 0.25) is 0 Å². The molecule has 0 bridgehead atoms. The van der Waals surface area contributed by atoms with E-state index in [0.717, 1.165) is 28.8 Å². The van der Waals surface area contributed by atoms with E-state index < -0.39 is 0 Å². The molecule has 2 heterocycles. The van der Waals surface area contributed by atoms with E-state index in [4.69, 9.17) is 0 Å². The van der Waals surface area contributed by atoms with Gasteiger partial charge in [0.1, 0.15) is 0 Å². The molecule has 4 rings (SSSR count). The normalized spacial score (nSPS) is 10.1. The molecule has 0 spiro atoms. The molecule has 0 fully saturated rings. The maximum Gasteiger partial charge on any atom is 0.185 e. The number of carbonyl (C=O) groups is 1. The van der Waals surface area contributed by atoms with Crippen LogP contribution in [0, 0.1) is 0 Å². The SMILES string of the molecule is Cn1cc(-c2ccccc2)nc1C=O.Cn1cnc(-c2ccccc2)c1. The summed E-state index contributed by atoms with van der Waals surface area (Å²) in [5.74, 6) is 0.448. The molecule has 0 saturated carbocycles. The molecule has 0 saturated heterocycles. The van der Waals surface area contributed by atoms with E-state index in [1.807, 2.05) is 85.9 Å². The van der Waals surface area contributed by atoms with Gasteiger partial charge in [-0.05, 0) is 0 Å². The van der Waals surface area contributed by atoms with Crippen molar-refractivity contribution in [3.8, 4) is 22.5 Å². The van der Waals surface area contributed by atoms with Gasteiger partial charge in [-0.1, -0.05) is 60.7 Å². The van der Waals surface area contributed by atoms with Crippen LogP contribution in [0.5, 0.6) is 0 Å². The molecule has 5 heteroatoms. The lowest BCUT2D eigenvalue weighted by Crippen LogP contribution is -1.92. The highest BCUT2D eigenvalue weighted by atomic mass is 16.1. The molecule has 0 aliphatic rings. The Hall–Kier alpha value is -3.47. The van der Waals surface area contributed by atoms with Crippen molar-refractivity contribution in [2.75, 3.05) is 0 Å². The predicted molar refractivity (Wildman–Crippen MR) is 103 cm³/mol. The highest BCUT2D eigenvalue weighted by Gasteiger charge is 2.04. The molecule has 5 nitrogen and oxygen atoms in total. The summed E-state index contributed by atoms with van der Waals surface area (Å²) in [6.45, 7) is 0. The predicted octanol–water partition coefficient (Wildman–Crippen LogP) is 3.99. The highest BCUT2D eigenvalue weighted by molar-refractivity contribution is 5.72. The number of aryl methyl sites for hydroxylation is 2. The largest absolute Gasteiger partial charge is 0.340 e. The number of imidazole rings is 2. The Balaban J connectivity index is 0.000000152. The van der Waals surface area contributed by atoms with Crippen LogP contribution in [0.3, 0.4) is 0 Å². The van der Waals surface area contributed by atoms with Gasteiger partial charge >= 0.3 is 0 Å². The van der Waals surface area contributed by atoms with Crippen LogP contribution >= 0.6 is 0 Å². The minimum atomic E-state index is 0.448. The van der Waals surface area contributed by atoms with Crippen molar-refractivity contribution in [3.05, 3.63) is 85.2 Å². The molecule has 0 aliphatic heterocycles. The summed E-state index contributed by atoms with van der Waals surface area (Å²) in [7, 11) is 3.78. The van der Waals surface area contributed by atoms with Crippen molar-refractivity contribution in [2.45, 2.75) is 0 Å². The van der Waals surface area contributed by atoms with E-state index in [1.54, 1.807) is 4.57 Å². The van der Waals surface area contributed by atoms with Crippen molar-refractivity contribution in [3.63, 3.8) is 0 Å². The van der Waals surface area contributed by atoms with Gasteiger partial charge in [0.15, 0.2) is 12.1 Å². The second-order valence-corrected chi connectivity index (χ2v) is 5.87. The first kappa shape index (κ1) is 17.4. The Morgan fingerprint density at radius 1 is 0.808 bits per heavy atom. The van der Waals surface area contributed by atoms with Gasteiger partial charge in [0.25, 0.3) is 0 Å². The van der Waals surface area contributed by atoms with Crippen LogP contribution in [-0.4, -0.2) is 25.4 Å². The minimum Gasteiger partial charge on any atom is -0.340 e. The summed E-state index contributed by atoms with van der Waals surface area (Å²) in [5, 5.41) is 0. The van der Waals surface area contributed by atoms with Crippen LogP contribution < -0.4 is 0 Å². The molecule has 0 N–H and O–H groups in total. The summed E-state index contributed by atoms with van der Waals surface area (Å²) in [5.41, 5.74) is 4.04. The number of aldehydes is 1. The number of aromatic nitrogens is 4. The monoisotopic (exact) mass is 344 g/mol. The van der Waals surface area contributed by atoms with Gasteiger partial charge in [-0.2, -0.15) is 0 Å². The van der Waals surface area contributed by atoms with Gasteiger partial charge in [0.05, 0.1) is 17.7 Å². The molecule has 0 unspecified atom stereocenters. The third kappa shape index (κ3) is 4.13. The minimum absolute atomic E-state index is 0.448. The van der Waals surface area contributed by atoms with Gasteiger partial charge in [-0.3, -0.25) is 4.79 Å². The van der Waals surface area contributed by atoms with Gasteiger partial charge in [0, 0.05) is 37.6 Å². The molecule has 130 valence electrons. The highest BCUT2D eigenvalue weighted by Crippen LogP contribution is 2.17. The zero-order chi connectivity index (χ0) is 18.4. The van der Waals surface area contributed by atoms with Crippen LogP contribution in [0.1, 0.15) is 10.6 Å². The fourth-order valence-electron chi connectivity index (χ4n) is 2.51. The third-order valence-electron chi connectivity index (χ3n) is 3.86. The van der Waals surface area contributed by atoms with Gasteiger partial charge in [-0.15, -0.1) is 0 Å². The fraction of sp³-hybridized carbons (Fsp3) is 0.0952. The van der Waals surface area contributed by atoms with Gasteiger partial charge in [-0.25, -0.2) is 9.97 Å². The summed E-state index contributed by atoms with van der Waals surface area (Å²) in [6, 6.07) is 19.9. The molecular formula is C21H20N4O. The summed E-state index contributed by atoms with van der Waals surface area (Å²) >= 11 is 0. The second-order valence-electron chi connectivity index (χ2n) is 5.87. The molecular weight excluding hydrogens is 324 g/mol. The first-order valence-corrected chi connectivity index (χ1v) is 8.24. The Kier molecular flexibility index (Phi) is 5.39. The first-order chi connectivity index (χ1) is 12.7. The van der Waals surface area contributed by atoms with Crippen molar-refractivity contribution < 1.29 is 4.79 Å². The summed E-state index contributed by atoms with van der Waals surface area (Å²) in [6.07, 6.45) is 6.42. The lowest BCUT2D eigenvalue weighted by molar-refractivity contribution is 0.111. The van der Waals surface area contributed by atoms with E-state index >= 15 is 0 Å². The van der Waals surface area contributed by atoms with Crippen molar-refractivity contribution in [1.82, 2.24) is 19.1 Å². The van der Waals surface area contributed by atoms with Crippen LogP contribution in [0.15, 0.2) is 79.4 Å². The van der Waals surface area contributed by atoms with Crippen LogP contribution in [-0.2, 0) is 14.1 Å². The van der Waals surface area contributed by atoms with E-state index in [0.29, 0.717) is 5.82 Å². The quantitative estimate of drug-likeness (QED) is 0.528. The number of hydrogen-bond donors (Lipinski definition) is 0. The summed E-state index contributed by atoms with van der Waals surface area (Å²) < 4.78 is 3.66. The Morgan fingerprint density at radius 3 is 1.85 bits per heavy atom. The number of rotatable bonds is 3. The lowest BCUT2D eigenvalue weighted by Gasteiger charge is -1.92. The topological polar surface area (TPSA) is 52.7 Å². The van der Waals surface area contributed by atoms with E-state index in [1.165, 1.54) is 0 Å². The molecule has 0 amide bonds. The molecule has 2 aromatic heterocycles.